The van der Waals surface area contributed by atoms with Gasteiger partial charge in [0.05, 0.1) is 24.4 Å². The number of hydrogen-bond acceptors (Lipinski definition) is 3. The highest BCUT2D eigenvalue weighted by atomic mass is 19.1. The van der Waals surface area contributed by atoms with Gasteiger partial charge in [-0.25, -0.2) is 14.2 Å². The van der Waals surface area contributed by atoms with Crippen LogP contribution in [0.15, 0.2) is 48.7 Å². The molecule has 0 aliphatic rings. The molecule has 0 spiro atoms. The van der Waals surface area contributed by atoms with Crippen LogP contribution in [0.4, 0.5) is 4.39 Å². The van der Waals surface area contributed by atoms with Crippen molar-refractivity contribution < 1.29 is 13.9 Å². The van der Waals surface area contributed by atoms with Crippen LogP contribution >= 0.6 is 0 Å². The van der Waals surface area contributed by atoms with Crippen molar-refractivity contribution in [3.05, 3.63) is 60.2 Å². The maximum Gasteiger partial charge on any atom is 0.355 e. The Labute approximate surface area is 114 Å². The van der Waals surface area contributed by atoms with Crippen molar-refractivity contribution in [2.45, 2.75) is 0 Å². The minimum absolute atomic E-state index is 0.306. The summed E-state index contributed by atoms with van der Waals surface area (Å²) in [5.41, 5.74) is 1.34. The number of nitrogens with zero attached hydrogens (tertiary/aromatic N) is 2. The molecule has 0 saturated heterocycles. The summed E-state index contributed by atoms with van der Waals surface area (Å²) in [6.07, 6.45) is 1.59. The van der Waals surface area contributed by atoms with Gasteiger partial charge >= 0.3 is 5.97 Å². The number of halogens is 1. The smallest absolute Gasteiger partial charge is 0.355 e. The second-order valence-electron chi connectivity index (χ2n) is 4.22. The van der Waals surface area contributed by atoms with Gasteiger partial charge in [0.25, 0.3) is 0 Å². The fraction of sp³-hybridized carbons (Fsp3) is 0.0667. The van der Waals surface area contributed by atoms with Crippen molar-refractivity contribution >= 4 is 11.5 Å². The third kappa shape index (κ3) is 1.84. The van der Waals surface area contributed by atoms with Crippen LogP contribution in [0.3, 0.4) is 0 Å². The van der Waals surface area contributed by atoms with E-state index in [0.29, 0.717) is 22.6 Å². The summed E-state index contributed by atoms with van der Waals surface area (Å²) in [7, 11) is 1.31. The van der Waals surface area contributed by atoms with Crippen molar-refractivity contribution in [1.29, 1.82) is 0 Å². The molecule has 5 heteroatoms. The average Bonchev–Trinajstić information content (AvgIpc) is 2.91. The van der Waals surface area contributed by atoms with Gasteiger partial charge in [-0.1, -0.05) is 18.2 Å². The van der Waals surface area contributed by atoms with Gasteiger partial charge in [0.2, 0.25) is 0 Å². The van der Waals surface area contributed by atoms with E-state index in [-0.39, 0.29) is 5.82 Å². The molecule has 4 nitrogen and oxygen atoms in total. The standard InChI is InChI=1S/C15H11FN2O2/c1-20-15(19)13-8-4-5-10-9-17-14(18(10)13)11-6-2-3-7-12(11)16/h2-9H,1H3. The number of carbonyl (C=O) groups excluding carboxylic acids is 1. The molecular formula is C15H11FN2O2. The molecule has 0 aliphatic carbocycles. The Morgan fingerprint density at radius 1 is 1.20 bits per heavy atom. The Hall–Kier alpha value is -2.69. The maximum atomic E-state index is 13.9. The first-order valence-electron chi connectivity index (χ1n) is 6.02. The highest BCUT2D eigenvalue weighted by Gasteiger charge is 2.16. The van der Waals surface area contributed by atoms with Crippen LogP contribution in [0.25, 0.3) is 16.9 Å². The lowest BCUT2D eigenvalue weighted by Crippen LogP contribution is -2.08. The summed E-state index contributed by atoms with van der Waals surface area (Å²) >= 11 is 0. The zero-order valence-corrected chi connectivity index (χ0v) is 10.7. The van der Waals surface area contributed by atoms with Gasteiger partial charge in [-0.3, -0.25) is 4.40 Å². The van der Waals surface area contributed by atoms with Crippen molar-refractivity contribution in [1.82, 2.24) is 9.38 Å². The summed E-state index contributed by atoms with van der Waals surface area (Å²) in [6, 6.07) is 11.5. The molecule has 0 N–H and O–H groups in total. The summed E-state index contributed by atoms with van der Waals surface area (Å²) in [4.78, 5) is 16.0. The number of pyridine rings is 1. The molecular weight excluding hydrogens is 259 g/mol. The molecule has 3 aromatic rings. The molecule has 0 atom stereocenters. The number of esters is 1. The fourth-order valence-electron chi connectivity index (χ4n) is 2.14. The summed E-state index contributed by atoms with van der Waals surface area (Å²) in [5.74, 6) is -0.509. The van der Waals surface area contributed by atoms with Crippen molar-refractivity contribution in [3.63, 3.8) is 0 Å². The zero-order chi connectivity index (χ0) is 14.1. The second kappa shape index (κ2) is 4.77. The molecule has 0 fully saturated rings. The molecule has 0 aliphatic heterocycles. The van der Waals surface area contributed by atoms with Gasteiger partial charge in [-0.05, 0) is 24.3 Å². The Balaban J connectivity index is 2.33. The van der Waals surface area contributed by atoms with Crippen molar-refractivity contribution in [2.24, 2.45) is 0 Å². The van der Waals surface area contributed by atoms with Crippen LogP contribution in [0, 0.1) is 5.82 Å². The third-order valence-corrected chi connectivity index (χ3v) is 3.06. The molecule has 2 aromatic heterocycles. The van der Waals surface area contributed by atoms with Gasteiger partial charge in [0.1, 0.15) is 17.3 Å². The van der Waals surface area contributed by atoms with Gasteiger partial charge in [-0.15, -0.1) is 0 Å². The summed E-state index contributed by atoms with van der Waals surface area (Å²) in [6.45, 7) is 0. The van der Waals surface area contributed by atoms with E-state index in [4.69, 9.17) is 4.74 Å². The molecule has 0 amide bonds. The predicted molar refractivity (Wildman–Crippen MR) is 71.9 cm³/mol. The first kappa shape index (κ1) is 12.3. The molecule has 0 bridgehead atoms. The van der Waals surface area contributed by atoms with Crippen molar-refractivity contribution in [3.8, 4) is 11.4 Å². The molecule has 0 unspecified atom stereocenters. The van der Waals surface area contributed by atoms with Crippen molar-refractivity contribution in [2.75, 3.05) is 7.11 Å². The van der Waals surface area contributed by atoms with Gasteiger partial charge < -0.3 is 4.74 Å². The molecule has 20 heavy (non-hydrogen) atoms. The molecule has 1 aromatic carbocycles. The van der Waals surface area contributed by atoms with Crippen LogP contribution in [0.2, 0.25) is 0 Å². The first-order valence-corrected chi connectivity index (χ1v) is 6.02. The number of imidazole rings is 1. The number of carbonyl (C=O) groups is 1. The number of fused-ring (bicyclic) bond motifs is 1. The van der Waals surface area contributed by atoms with Crippen LogP contribution in [-0.2, 0) is 4.74 Å². The van der Waals surface area contributed by atoms with E-state index in [9.17, 15) is 9.18 Å². The minimum Gasteiger partial charge on any atom is -0.464 e. The Kier molecular flexibility index (Phi) is 2.95. The Bertz CT molecular complexity index is 795. The number of rotatable bonds is 2. The lowest BCUT2D eigenvalue weighted by atomic mass is 10.2. The SMILES string of the molecule is COC(=O)c1cccc2cnc(-c3ccccc3F)n12. The highest BCUT2D eigenvalue weighted by molar-refractivity contribution is 5.89. The van der Waals surface area contributed by atoms with Crippen LogP contribution in [0.5, 0.6) is 0 Å². The number of methoxy groups -OCH3 is 1. The first-order chi connectivity index (χ1) is 9.72. The maximum absolute atomic E-state index is 13.9. The Morgan fingerprint density at radius 3 is 2.75 bits per heavy atom. The topological polar surface area (TPSA) is 43.6 Å². The summed E-state index contributed by atoms with van der Waals surface area (Å²) < 4.78 is 20.3. The number of hydrogen-bond donors (Lipinski definition) is 0. The lowest BCUT2D eigenvalue weighted by molar-refractivity contribution is 0.0592. The largest absolute Gasteiger partial charge is 0.464 e. The number of aromatic nitrogens is 2. The number of ether oxygens (including phenoxy) is 1. The monoisotopic (exact) mass is 270 g/mol. The molecule has 3 rings (SSSR count). The quantitative estimate of drug-likeness (QED) is 0.672. The van der Waals surface area contributed by atoms with E-state index >= 15 is 0 Å². The normalized spacial score (nSPS) is 10.7. The highest BCUT2D eigenvalue weighted by Crippen LogP contribution is 2.24. The minimum atomic E-state index is -0.494. The summed E-state index contributed by atoms with van der Waals surface area (Å²) in [5, 5.41) is 0. The predicted octanol–water partition coefficient (Wildman–Crippen LogP) is 2.93. The molecule has 100 valence electrons. The van der Waals surface area contributed by atoms with Crippen LogP contribution < -0.4 is 0 Å². The van der Waals surface area contributed by atoms with Gasteiger partial charge in [0, 0.05) is 0 Å². The average molecular weight is 270 g/mol. The fourth-order valence-corrected chi connectivity index (χ4v) is 2.14. The second-order valence-corrected chi connectivity index (χ2v) is 4.22. The van der Waals surface area contributed by atoms with E-state index in [1.807, 2.05) is 0 Å². The van der Waals surface area contributed by atoms with E-state index in [0.717, 1.165) is 0 Å². The Morgan fingerprint density at radius 2 is 2.00 bits per heavy atom. The van der Waals surface area contributed by atoms with E-state index in [1.54, 1.807) is 47.0 Å². The van der Waals surface area contributed by atoms with E-state index < -0.39 is 5.97 Å². The van der Waals surface area contributed by atoms with Crippen LogP contribution in [0.1, 0.15) is 10.5 Å². The molecule has 0 saturated carbocycles. The van der Waals surface area contributed by atoms with E-state index in [1.165, 1.54) is 13.2 Å². The molecule has 2 heterocycles. The van der Waals surface area contributed by atoms with E-state index in [2.05, 4.69) is 4.98 Å². The van der Waals surface area contributed by atoms with Crippen LogP contribution in [-0.4, -0.2) is 22.5 Å². The molecule has 0 radical (unpaired) electrons. The third-order valence-electron chi connectivity index (χ3n) is 3.06. The zero-order valence-electron chi connectivity index (χ0n) is 10.7. The van der Waals surface area contributed by atoms with Gasteiger partial charge in [-0.2, -0.15) is 0 Å². The van der Waals surface area contributed by atoms with Gasteiger partial charge in [0.15, 0.2) is 0 Å². The number of benzene rings is 1. The lowest BCUT2D eigenvalue weighted by Gasteiger charge is -2.07.